The highest BCUT2D eigenvalue weighted by molar-refractivity contribution is 9.10. The van der Waals surface area contributed by atoms with Gasteiger partial charge in [0.1, 0.15) is 0 Å². The molecule has 0 heterocycles. The van der Waals surface area contributed by atoms with Crippen LogP contribution in [0.4, 0.5) is 0 Å². The van der Waals surface area contributed by atoms with Gasteiger partial charge in [-0.15, -0.1) is 0 Å². The Kier molecular flexibility index (Phi) is 4.02. The molecule has 1 aliphatic rings. The first-order chi connectivity index (χ1) is 8.79. The summed E-state index contributed by atoms with van der Waals surface area (Å²) in [6.07, 6.45) is 2.02. The van der Waals surface area contributed by atoms with Gasteiger partial charge in [-0.2, -0.15) is 0 Å². The fraction of sp³-hybridized carbons (Fsp3) is 0.533. The fourth-order valence-corrected chi connectivity index (χ4v) is 3.26. The number of hydrogen-bond donors (Lipinski definition) is 1. The van der Waals surface area contributed by atoms with Crippen molar-refractivity contribution in [2.45, 2.75) is 45.2 Å². The molecule has 3 nitrogen and oxygen atoms in total. The van der Waals surface area contributed by atoms with E-state index in [0.29, 0.717) is 0 Å². The lowest BCUT2D eigenvalue weighted by Crippen LogP contribution is -2.46. The molecule has 1 aliphatic carbocycles. The largest absolute Gasteiger partial charge is 0.480 e. The van der Waals surface area contributed by atoms with Crippen LogP contribution in [0.5, 0.6) is 0 Å². The minimum Gasteiger partial charge on any atom is -0.480 e. The zero-order valence-corrected chi connectivity index (χ0v) is 13.2. The predicted molar refractivity (Wildman–Crippen MR) is 79.3 cm³/mol. The van der Waals surface area contributed by atoms with Crippen molar-refractivity contribution in [1.29, 1.82) is 0 Å². The summed E-state index contributed by atoms with van der Waals surface area (Å²) in [7, 11) is 0. The molecule has 0 bridgehead atoms. The molecule has 4 heteroatoms. The molecule has 1 aromatic rings. The molecule has 1 unspecified atom stereocenters. The molecule has 19 heavy (non-hydrogen) atoms. The Hall–Kier alpha value is -0.870. The minimum absolute atomic E-state index is 0.0870. The van der Waals surface area contributed by atoms with Gasteiger partial charge in [-0.1, -0.05) is 22.0 Å². The summed E-state index contributed by atoms with van der Waals surface area (Å²) in [5.41, 5.74) is 2.45. The van der Waals surface area contributed by atoms with E-state index in [1.807, 2.05) is 6.07 Å². The van der Waals surface area contributed by atoms with Crippen LogP contribution in [0.25, 0.3) is 0 Å². The van der Waals surface area contributed by atoms with E-state index in [9.17, 15) is 4.79 Å². The van der Waals surface area contributed by atoms with Crippen molar-refractivity contribution in [2.24, 2.45) is 0 Å². The van der Waals surface area contributed by atoms with E-state index in [1.54, 1.807) is 0 Å². The second kappa shape index (κ2) is 5.25. The van der Waals surface area contributed by atoms with Gasteiger partial charge in [0, 0.05) is 16.1 Å². The Morgan fingerprint density at radius 1 is 1.47 bits per heavy atom. The Balaban J connectivity index is 2.33. The molecule has 1 atom stereocenters. The number of aliphatic carboxylic acids is 1. The number of carbonyl (C=O) groups is 1. The number of benzene rings is 1. The van der Waals surface area contributed by atoms with Crippen LogP contribution in [0, 0.1) is 0 Å². The van der Waals surface area contributed by atoms with Crippen LogP contribution in [-0.2, 0) is 11.2 Å². The number of nitrogens with zero attached hydrogens (tertiary/aromatic N) is 1. The van der Waals surface area contributed by atoms with Gasteiger partial charge in [-0.05, 0) is 56.9 Å². The van der Waals surface area contributed by atoms with E-state index in [0.717, 1.165) is 17.3 Å². The van der Waals surface area contributed by atoms with Crippen molar-refractivity contribution in [3.8, 4) is 0 Å². The third-order valence-electron chi connectivity index (χ3n) is 3.69. The maximum Gasteiger partial charge on any atom is 0.317 e. The molecule has 1 N–H and O–H groups in total. The summed E-state index contributed by atoms with van der Waals surface area (Å²) in [5.74, 6) is -0.763. The van der Waals surface area contributed by atoms with Crippen molar-refractivity contribution in [1.82, 2.24) is 4.90 Å². The summed E-state index contributed by atoms with van der Waals surface area (Å²) in [5, 5.41) is 9.15. The molecule has 2 rings (SSSR count). The van der Waals surface area contributed by atoms with Crippen LogP contribution < -0.4 is 0 Å². The smallest absolute Gasteiger partial charge is 0.317 e. The SMILES string of the molecule is CC(C)(C)N(CC(=O)O)C1CCc2cc(Br)ccc21. The third-order valence-corrected chi connectivity index (χ3v) is 4.19. The first-order valence-corrected chi connectivity index (χ1v) is 7.35. The van der Waals surface area contributed by atoms with E-state index in [1.165, 1.54) is 11.1 Å². The minimum atomic E-state index is -0.763. The standard InChI is InChI=1S/C15H20BrNO2/c1-15(2,3)17(9-14(18)19)13-7-4-10-8-11(16)5-6-12(10)13/h5-6,8,13H,4,7,9H2,1-3H3,(H,18,19). The lowest BCUT2D eigenvalue weighted by molar-refractivity contribution is -0.140. The van der Waals surface area contributed by atoms with Gasteiger partial charge < -0.3 is 5.11 Å². The molecule has 0 amide bonds. The number of fused-ring (bicyclic) bond motifs is 1. The van der Waals surface area contributed by atoms with E-state index < -0.39 is 5.97 Å². The number of carboxylic acid groups (broad SMARTS) is 1. The van der Waals surface area contributed by atoms with E-state index in [2.05, 4.69) is 53.7 Å². The number of hydrogen-bond acceptors (Lipinski definition) is 2. The van der Waals surface area contributed by atoms with E-state index >= 15 is 0 Å². The van der Waals surface area contributed by atoms with Gasteiger partial charge in [0.05, 0.1) is 6.54 Å². The molecule has 0 radical (unpaired) electrons. The molecule has 0 fully saturated rings. The topological polar surface area (TPSA) is 40.5 Å². The van der Waals surface area contributed by atoms with Crippen LogP contribution in [0.15, 0.2) is 22.7 Å². The average Bonchev–Trinajstić information content (AvgIpc) is 2.66. The fourth-order valence-electron chi connectivity index (χ4n) is 2.85. The summed E-state index contributed by atoms with van der Waals surface area (Å²) in [6.45, 7) is 6.32. The molecule has 0 aliphatic heterocycles. The molecule has 0 spiro atoms. The Morgan fingerprint density at radius 3 is 2.74 bits per heavy atom. The van der Waals surface area contributed by atoms with Crippen LogP contribution in [0.1, 0.15) is 44.4 Å². The van der Waals surface area contributed by atoms with Crippen LogP contribution >= 0.6 is 15.9 Å². The van der Waals surface area contributed by atoms with Crippen LogP contribution in [0.2, 0.25) is 0 Å². The van der Waals surface area contributed by atoms with Crippen LogP contribution in [-0.4, -0.2) is 28.1 Å². The van der Waals surface area contributed by atoms with Crippen molar-refractivity contribution in [3.63, 3.8) is 0 Å². The van der Waals surface area contributed by atoms with Gasteiger partial charge in [0.15, 0.2) is 0 Å². The van der Waals surface area contributed by atoms with Crippen molar-refractivity contribution < 1.29 is 9.90 Å². The van der Waals surface area contributed by atoms with Gasteiger partial charge in [-0.3, -0.25) is 9.69 Å². The van der Waals surface area contributed by atoms with E-state index in [4.69, 9.17) is 5.11 Å². The number of aryl methyl sites for hydroxylation is 1. The van der Waals surface area contributed by atoms with Gasteiger partial charge in [0.2, 0.25) is 0 Å². The highest BCUT2D eigenvalue weighted by Gasteiger charge is 2.35. The number of halogens is 1. The number of rotatable bonds is 3. The molecule has 104 valence electrons. The highest BCUT2D eigenvalue weighted by Crippen LogP contribution is 2.39. The monoisotopic (exact) mass is 325 g/mol. The second-order valence-corrected chi connectivity index (χ2v) is 7.01. The van der Waals surface area contributed by atoms with Crippen LogP contribution in [0.3, 0.4) is 0 Å². The second-order valence-electron chi connectivity index (χ2n) is 6.09. The lowest BCUT2D eigenvalue weighted by atomic mass is 9.99. The molecule has 0 aromatic heterocycles. The Labute approximate surface area is 122 Å². The zero-order chi connectivity index (χ0) is 14.2. The maximum absolute atomic E-state index is 11.1. The van der Waals surface area contributed by atoms with Crippen molar-refractivity contribution >= 4 is 21.9 Å². The normalized spacial score (nSPS) is 18.7. The quantitative estimate of drug-likeness (QED) is 0.922. The zero-order valence-electron chi connectivity index (χ0n) is 11.6. The van der Waals surface area contributed by atoms with E-state index in [-0.39, 0.29) is 18.1 Å². The first kappa shape index (κ1) is 14.5. The molecule has 0 saturated carbocycles. The summed E-state index contributed by atoms with van der Waals surface area (Å²) in [4.78, 5) is 13.2. The third kappa shape index (κ3) is 3.18. The average molecular weight is 326 g/mol. The molecule has 0 saturated heterocycles. The van der Waals surface area contributed by atoms with Crippen molar-refractivity contribution in [2.75, 3.05) is 6.54 Å². The molecular formula is C15H20BrNO2. The molecular weight excluding hydrogens is 306 g/mol. The Morgan fingerprint density at radius 2 is 2.16 bits per heavy atom. The summed E-state index contributed by atoms with van der Waals surface area (Å²) in [6, 6.07) is 6.52. The van der Waals surface area contributed by atoms with Gasteiger partial charge in [-0.25, -0.2) is 0 Å². The summed E-state index contributed by atoms with van der Waals surface area (Å²) < 4.78 is 1.09. The van der Waals surface area contributed by atoms with Gasteiger partial charge in [0.25, 0.3) is 0 Å². The summed E-state index contributed by atoms with van der Waals surface area (Å²) >= 11 is 3.49. The Bertz CT molecular complexity index is 493. The number of carboxylic acids is 1. The molecule has 1 aromatic carbocycles. The maximum atomic E-state index is 11.1. The predicted octanol–water partition coefficient (Wildman–Crippen LogP) is 3.62. The first-order valence-electron chi connectivity index (χ1n) is 6.56. The highest BCUT2D eigenvalue weighted by atomic mass is 79.9. The van der Waals surface area contributed by atoms with Crippen molar-refractivity contribution in [3.05, 3.63) is 33.8 Å². The lowest BCUT2D eigenvalue weighted by Gasteiger charge is -2.39. The van der Waals surface area contributed by atoms with Gasteiger partial charge >= 0.3 is 5.97 Å².